The highest BCUT2D eigenvalue weighted by Gasteiger charge is 2.53. The molecular weight excluding hydrogens is 815 g/mol. The van der Waals surface area contributed by atoms with E-state index in [1.54, 1.807) is 0 Å². The fraction of sp³-hybridized carbons (Fsp3) is 0.0645. The van der Waals surface area contributed by atoms with Gasteiger partial charge in [-0.1, -0.05) is 6.07 Å². The molecule has 1 nitrogen and oxygen atoms in total. The Kier molecular flexibility index (Phi) is 11.3. The molecule has 0 saturated carbocycles. The summed E-state index contributed by atoms with van der Waals surface area (Å²) in [6.45, 7) is 0. The van der Waals surface area contributed by atoms with Gasteiger partial charge in [0.1, 0.15) is 65.3 Å². The summed E-state index contributed by atoms with van der Waals surface area (Å²) in [5.41, 5.74) is -18.8. The van der Waals surface area contributed by atoms with Crippen LogP contribution in [0, 0.1) is 111 Å². The molecule has 0 fully saturated rings. The largest absolute Gasteiger partial charge is 0.422 e. The van der Waals surface area contributed by atoms with Crippen LogP contribution in [0.1, 0.15) is 5.56 Å². The van der Waals surface area contributed by atoms with Crippen LogP contribution >= 0.6 is 0 Å². The Hall–Kier alpha value is -5.45. The maximum atomic E-state index is 15.6. The lowest BCUT2D eigenvalue weighted by Gasteiger charge is -2.45. The third-order valence-corrected chi connectivity index (χ3v) is 7.91. The monoisotopic (exact) mass is 823 g/mol. The number of halogens is 22. The van der Waals surface area contributed by atoms with E-state index in [4.69, 9.17) is 0 Å². The Morgan fingerprint density at radius 3 is 0.709 bits per heavy atom. The van der Waals surface area contributed by atoms with Crippen LogP contribution in [0.3, 0.4) is 0 Å². The van der Waals surface area contributed by atoms with Crippen LogP contribution in [0.5, 0.6) is 0 Å². The van der Waals surface area contributed by atoms with Crippen molar-refractivity contribution < 1.29 is 101 Å². The predicted molar refractivity (Wildman–Crippen MR) is 142 cm³/mol. The summed E-state index contributed by atoms with van der Waals surface area (Å²) >= 11 is 0. The molecule has 0 saturated heterocycles. The lowest BCUT2D eigenvalue weighted by molar-refractivity contribution is -0.671. The lowest BCUT2D eigenvalue weighted by Crippen LogP contribution is -2.81. The molecule has 0 radical (unpaired) electrons. The smallest absolute Gasteiger partial charge is 0.208 e. The molecule has 24 heteroatoms. The Morgan fingerprint density at radius 1 is 0.327 bits per heavy atom. The molecule has 294 valence electrons. The summed E-state index contributed by atoms with van der Waals surface area (Å²) in [4.78, 5) is 0. The summed E-state index contributed by atoms with van der Waals surface area (Å²) < 4.78 is 324. The number of hydrogen-bond acceptors (Lipinski definition) is 0. The molecule has 0 atom stereocenters. The highest BCUT2D eigenvalue weighted by atomic mass is 19.4. The van der Waals surface area contributed by atoms with E-state index in [1.807, 2.05) is 42.2 Å². The molecule has 5 aromatic rings. The highest BCUT2D eigenvalue weighted by Crippen LogP contribution is 2.37. The van der Waals surface area contributed by atoms with E-state index >= 15 is 35.1 Å². The van der Waals surface area contributed by atoms with E-state index in [9.17, 15) is 61.5 Å². The normalized spacial score (nSPS) is 11.9. The van der Waals surface area contributed by atoms with E-state index in [1.165, 1.54) is 0 Å². The van der Waals surface area contributed by atoms with Crippen LogP contribution in [0.25, 0.3) is 0 Å². The van der Waals surface area contributed by atoms with Crippen LogP contribution in [-0.4, -0.2) is 6.15 Å². The SMILES string of the molecule is C[n+]1ccccc1.Fc1c(F)c(F)c([B-](c2c(F)c(F)c(F)c(F)c2F)(c2c(F)c(F)c(F)c(F)c2F)c2c(F)c(F)c(C(F)(F)F)c(F)c2F)c(F)c1F. The topological polar surface area (TPSA) is 3.88 Å². The van der Waals surface area contributed by atoms with Gasteiger partial charge in [-0.25, -0.2) is 88.0 Å². The molecule has 0 amide bonds. The predicted octanol–water partition coefficient (Wildman–Crippen LogP) is 7.24. The van der Waals surface area contributed by atoms with Crippen LogP contribution in [0.2, 0.25) is 0 Å². The van der Waals surface area contributed by atoms with Gasteiger partial charge in [0.05, 0.1) is 0 Å². The average Bonchev–Trinajstić information content (AvgIpc) is 3.12. The summed E-state index contributed by atoms with van der Waals surface area (Å²) in [5.74, 6) is -71.3. The second kappa shape index (κ2) is 14.7. The van der Waals surface area contributed by atoms with Gasteiger partial charge in [0.2, 0.25) is 0 Å². The van der Waals surface area contributed by atoms with Gasteiger partial charge >= 0.3 is 6.18 Å². The van der Waals surface area contributed by atoms with Gasteiger partial charge in [0.25, 0.3) is 0 Å². The van der Waals surface area contributed by atoms with E-state index in [0.717, 1.165) is 0 Å². The van der Waals surface area contributed by atoms with Gasteiger partial charge in [-0.3, -0.25) is 0 Å². The van der Waals surface area contributed by atoms with E-state index < -0.39 is 150 Å². The van der Waals surface area contributed by atoms with Crippen molar-refractivity contribution in [3.05, 3.63) is 147 Å². The van der Waals surface area contributed by atoms with Gasteiger partial charge in [0.15, 0.2) is 76.4 Å². The van der Waals surface area contributed by atoms with Crippen molar-refractivity contribution in [1.82, 2.24) is 0 Å². The Morgan fingerprint density at radius 2 is 0.527 bits per heavy atom. The van der Waals surface area contributed by atoms with Crippen molar-refractivity contribution in [2.24, 2.45) is 7.05 Å². The Bertz CT molecular complexity index is 2090. The van der Waals surface area contributed by atoms with E-state index in [-0.39, 0.29) is 0 Å². The molecule has 1 aromatic heterocycles. The number of nitrogens with zero attached hydrogens (tertiary/aromatic N) is 1. The van der Waals surface area contributed by atoms with Crippen LogP contribution in [-0.2, 0) is 13.2 Å². The summed E-state index contributed by atoms with van der Waals surface area (Å²) in [5, 5.41) is 0. The average molecular weight is 823 g/mol. The summed E-state index contributed by atoms with van der Waals surface area (Å²) in [6, 6.07) is 6.00. The minimum atomic E-state index is -7.46. The van der Waals surface area contributed by atoms with Crippen molar-refractivity contribution in [1.29, 1.82) is 0 Å². The molecule has 1 heterocycles. The highest BCUT2D eigenvalue weighted by molar-refractivity contribution is 7.20. The van der Waals surface area contributed by atoms with Gasteiger partial charge in [-0.15, -0.1) is 21.9 Å². The van der Waals surface area contributed by atoms with Crippen molar-refractivity contribution in [3.63, 3.8) is 0 Å². The summed E-state index contributed by atoms with van der Waals surface area (Å²) in [6.07, 6.45) is -10.1. The van der Waals surface area contributed by atoms with Gasteiger partial charge in [-0.2, -0.15) is 13.2 Å². The van der Waals surface area contributed by atoms with Crippen LogP contribution in [0.4, 0.5) is 96.6 Å². The second-order valence-electron chi connectivity index (χ2n) is 10.9. The zero-order valence-corrected chi connectivity index (χ0v) is 25.7. The third-order valence-electron chi connectivity index (χ3n) is 7.91. The molecule has 0 aliphatic rings. The molecule has 0 bridgehead atoms. The number of benzene rings is 4. The fourth-order valence-electron chi connectivity index (χ4n) is 5.63. The maximum Gasteiger partial charge on any atom is 0.422 e. The van der Waals surface area contributed by atoms with Crippen molar-refractivity contribution in [2.45, 2.75) is 6.18 Å². The molecule has 0 N–H and O–H groups in total. The summed E-state index contributed by atoms with van der Waals surface area (Å²) in [7, 11) is 2.00. The zero-order valence-electron chi connectivity index (χ0n) is 25.7. The fourth-order valence-corrected chi connectivity index (χ4v) is 5.63. The Balaban J connectivity index is 0.000000862. The first-order valence-electron chi connectivity index (χ1n) is 13.9. The maximum absolute atomic E-state index is 15.6. The first kappa shape index (κ1) is 42.3. The van der Waals surface area contributed by atoms with Crippen molar-refractivity contribution >= 4 is 28.0 Å². The van der Waals surface area contributed by atoms with E-state index in [0.29, 0.717) is 0 Å². The van der Waals surface area contributed by atoms with Crippen molar-refractivity contribution in [3.8, 4) is 0 Å². The van der Waals surface area contributed by atoms with Crippen molar-refractivity contribution in [2.75, 3.05) is 0 Å². The van der Waals surface area contributed by atoms with Crippen LogP contribution < -0.4 is 26.4 Å². The van der Waals surface area contributed by atoms with Gasteiger partial charge in [0, 0.05) is 12.1 Å². The number of alkyl halides is 3. The first-order chi connectivity index (χ1) is 25.3. The molecule has 0 spiro atoms. The number of rotatable bonds is 4. The molecule has 0 unspecified atom stereocenters. The second-order valence-corrected chi connectivity index (χ2v) is 10.9. The minimum absolute atomic E-state index is 2.00. The minimum Gasteiger partial charge on any atom is -0.208 e. The zero-order chi connectivity index (χ0) is 42.0. The van der Waals surface area contributed by atoms with Gasteiger partial charge in [-0.05, 0) is 0 Å². The number of aromatic nitrogens is 1. The quantitative estimate of drug-likeness (QED) is 0.0593. The first-order valence-corrected chi connectivity index (χ1v) is 13.9. The molecule has 5 rings (SSSR count). The molecular formula is C31H8BF22N. The number of hydrogen-bond donors (Lipinski definition) is 0. The Labute approximate surface area is 289 Å². The lowest BCUT2D eigenvalue weighted by atomic mass is 9.12. The van der Waals surface area contributed by atoms with E-state index in [2.05, 4.69) is 0 Å². The molecule has 4 aromatic carbocycles. The van der Waals surface area contributed by atoms with Gasteiger partial charge < -0.3 is 0 Å². The van der Waals surface area contributed by atoms with Crippen LogP contribution in [0.15, 0.2) is 30.6 Å². The number of pyridine rings is 1. The third kappa shape index (κ3) is 6.37. The number of aryl methyl sites for hydroxylation is 1. The molecule has 0 aliphatic heterocycles. The standard InChI is InChI=1S/C25BF22.C6H8N/c27-6-1(25(46,47)48)7(28)9(30)2(8(6)29)26(3-10(31)16(37)22(43)17(38)11(3)32,4-12(33)18(39)23(44)19(40)13(4)34)5-14(35)20(41)24(45)21(42)15(5)36;1-7-5-3-2-4-6-7/h;2-6H,1H3/q-1;+1. The molecule has 55 heavy (non-hydrogen) atoms. The molecule has 0 aliphatic carbocycles.